The van der Waals surface area contributed by atoms with E-state index >= 15 is 0 Å². The lowest BCUT2D eigenvalue weighted by atomic mass is 9.98. The van der Waals surface area contributed by atoms with E-state index in [1.54, 1.807) is 0 Å². The number of aromatic nitrogens is 2. The summed E-state index contributed by atoms with van der Waals surface area (Å²) in [5, 5.41) is 38.9. The van der Waals surface area contributed by atoms with Crippen molar-refractivity contribution >= 4 is 56.3 Å². The van der Waals surface area contributed by atoms with E-state index in [4.69, 9.17) is 10.8 Å². The zero-order valence-corrected chi connectivity index (χ0v) is 21.4. The van der Waals surface area contributed by atoms with Crippen molar-refractivity contribution in [3.8, 4) is 5.75 Å². The number of carbonyl (C=O) groups excluding carboxylic acids is 3. The Hall–Kier alpha value is -4.96. The first-order valence-electron chi connectivity index (χ1n) is 10.6. The van der Waals surface area contributed by atoms with Crippen LogP contribution in [0, 0.1) is 0 Å². The third-order valence-corrected chi connectivity index (χ3v) is 6.64. The first-order chi connectivity index (χ1) is 18.7. The van der Waals surface area contributed by atoms with E-state index in [0.29, 0.717) is 10.9 Å². The lowest BCUT2D eigenvalue weighted by Crippen LogP contribution is -2.74. The summed E-state index contributed by atoms with van der Waals surface area (Å²) in [5.74, 6) is -4.60. The van der Waals surface area contributed by atoms with Crippen molar-refractivity contribution in [3.05, 3.63) is 39.3 Å². The topological polar surface area (TPSA) is 305 Å². The van der Waals surface area contributed by atoms with Crippen LogP contribution in [0.1, 0.15) is 11.4 Å². The Balaban J connectivity index is 1.71. The molecule has 0 spiro atoms. The smallest absolute Gasteiger partial charge is 0.362 e. The average Bonchev–Trinajstić information content (AvgIpc) is 3.28. The van der Waals surface area contributed by atoms with E-state index in [-0.39, 0.29) is 20.8 Å². The molecule has 0 aromatic carbocycles. The summed E-state index contributed by atoms with van der Waals surface area (Å²) < 4.78 is 33.2. The van der Waals surface area contributed by atoms with Crippen molar-refractivity contribution in [2.45, 2.75) is 18.6 Å². The van der Waals surface area contributed by atoms with Gasteiger partial charge >= 0.3 is 22.3 Å². The Bertz CT molecular complexity index is 1540. The summed E-state index contributed by atoms with van der Waals surface area (Å²) in [5.41, 5.74) is 3.79. The number of nitrogens with zero attached hydrogens (tertiary/aromatic N) is 4. The molecular weight excluding hydrogens is 584 g/mol. The van der Waals surface area contributed by atoms with Gasteiger partial charge in [-0.25, -0.2) is 18.9 Å². The van der Waals surface area contributed by atoms with Crippen LogP contribution < -0.4 is 27.1 Å². The van der Waals surface area contributed by atoms with Crippen LogP contribution in [0.2, 0.25) is 0 Å². The monoisotopic (exact) mass is 604 g/mol. The number of nitrogens with one attached hydrogen (secondary N) is 3. The molecule has 0 unspecified atom stereocenters. The van der Waals surface area contributed by atoms with Crippen molar-refractivity contribution in [2.24, 2.45) is 5.16 Å². The predicted molar refractivity (Wildman–Crippen MR) is 131 cm³/mol. The predicted octanol–water partition coefficient (Wildman–Crippen LogP) is -3.37. The van der Waals surface area contributed by atoms with Crippen LogP contribution in [0.3, 0.4) is 0 Å². The highest BCUT2D eigenvalue weighted by atomic mass is 32.2. The first-order valence-corrected chi connectivity index (χ1v) is 12.9. The van der Waals surface area contributed by atoms with Gasteiger partial charge in [0.05, 0.1) is 24.5 Å². The van der Waals surface area contributed by atoms with E-state index in [1.165, 1.54) is 5.38 Å². The number of aromatic hydroxyl groups is 1. The molecule has 0 bridgehead atoms. The van der Waals surface area contributed by atoms with Crippen molar-refractivity contribution in [1.82, 2.24) is 30.0 Å². The number of carbonyl (C=O) groups is 4. The van der Waals surface area contributed by atoms with Crippen LogP contribution in [0.5, 0.6) is 5.75 Å². The van der Waals surface area contributed by atoms with Gasteiger partial charge in [0, 0.05) is 18.0 Å². The maximum Gasteiger partial charge on any atom is 0.362 e. The molecule has 4 amide bonds. The third kappa shape index (κ3) is 6.91. The summed E-state index contributed by atoms with van der Waals surface area (Å²) in [4.78, 5) is 68.1. The lowest BCUT2D eigenvalue weighted by molar-refractivity contribution is -0.144. The fraction of sp³-hybridized carbons (Fsp3) is 0.278. The summed E-state index contributed by atoms with van der Waals surface area (Å²) in [7, 11) is -5.12. The summed E-state index contributed by atoms with van der Waals surface area (Å²) in [6, 6.07) is -3.32. The number of aliphatic carboxylic acids is 1. The van der Waals surface area contributed by atoms with Gasteiger partial charge in [-0.05, 0) is 0 Å². The number of anilines is 1. The van der Waals surface area contributed by atoms with Gasteiger partial charge in [-0.15, -0.1) is 11.3 Å². The molecule has 22 heteroatoms. The highest BCUT2D eigenvalue weighted by molar-refractivity contribution is 7.84. The maximum absolute atomic E-state index is 12.9. The van der Waals surface area contributed by atoms with Gasteiger partial charge in [0.15, 0.2) is 16.6 Å². The van der Waals surface area contributed by atoms with E-state index in [9.17, 15) is 47.3 Å². The minimum absolute atomic E-state index is 0.00214. The number of β-lactam (4-membered cyclic amide) rings is 1. The van der Waals surface area contributed by atoms with Crippen LogP contribution in [-0.4, -0.2) is 97.2 Å². The number of thiazole rings is 1. The minimum atomic E-state index is -5.12. The number of hydrogen-bond donors (Lipinski definition) is 8. The minimum Gasteiger partial charge on any atom is -0.503 e. The standard InChI is InChI=1S/C18H20N8O12S2/c19-17-22-8(6-39-17)13(24-38-5-12(29)30)15(31)23-14-9(26(16(14)32)40(35,36)37)3-21-18(33)20-2-7-1-10(27)11(28)4-25(7)34/h1,4,6,9,14,28,34H,2-3,5H2,(H2,19,22)(H,23,31)(H,29,30)(H2,20,21,33)(H,35,36,37)/t9-,14+/m1/s1. The molecule has 1 fully saturated rings. The molecule has 0 saturated carbocycles. The Morgan fingerprint density at radius 1 is 1.25 bits per heavy atom. The third-order valence-electron chi connectivity index (χ3n) is 5.02. The van der Waals surface area contributed by atoms with Crippen LogP contribution in [0.25, 0.3) is 0 Å². The number of hydrogen-bond acceptors (Lipinski definition) is 14. The number of carboxylic acid groups (broad SMARTS) is 1. The molecule has 0 aliphatic carbocycles. The number of pyridine rings is 1. The molecule has 2 atom stereocenters. The van der Waals surface area contributed by atoms with Gasteiger partial charge < -0.3 is 41.9 Å². The molecule has 40 heavy (non-hydrogen) atoms. The van der Waals surface area contributed by atoms with Crippen LogP contribution in [0.15, 0.2) is 27.6 Å². The first kappa shape index (κ1) is 29.6. The Kier molecular flexibility index (Phi) is 8.75. The molecule has 2 aromatic rings. The molecule has 20 nitrogen and oxygen atoms in total. The second-order valence-electron chi connectivity index (χ2n) is 7.73. The fourth-order valence-corrected chi connectivity index (χ4v) is 4.67. The van der Waals surface area contributed by atoms with E-state index in [2.05, 4.69) is 30.9 Å². The maximum atomic E-state index is 12.9. The molecular formula is C18H20N8O12S2. The van der Waals surface area contributed by atoms with Crippen LogP contribution >= 0.6 is 11.3 Å². The zero-order chi connectivity index (χ0) is 29.8. The number of nitrogens with two attached hydrogens (primary N) is 1. The number of amides is 4. The van der Waals surface area contributed by atoms with Gasteiger partial charge in [0.25, 0.3) is 11.8 Å². The van der Waals surface area contributed by atoms with E-state index in [1.807, 2.05) is 0 Å². The van der Waals surface area contributed by atoms with Crippen molar-refractivity contribution in [3.63, 3.8) is 0 Å². The molecule has 3 heterocycles. The summed E-state index contributed by atoms with van der Waals surface area (Å²) in [6.45, 7) is -2.01. The van der Waals surface area contributed by atoms with Gasteiger partial charge in [-0.1, -0.05) is 5.16 Å². The van der Waals surface area contributed by atoms with E-state index < -0.39 is 82.8 Å². The SMILES string of the molecule is Nc1nc(C(=NOCC(=O)O)C(=O)N[C@@H]2C(=O)N(S(=O)(=O)O)[C@@H]2CNC(=O)NCc2cc(=O)c(O)cn2O)cs1. The lowest BCUT2D eigenvalue weighted by Gasteiger charge is -2.44. The molecule has 9 N–H and O–H groups in total. The van der Waals surface area contributed by atoms with Crippen molar-refractivity contribution in [1.29, 1.82) is 0 Å². The molecule has 0 radical (unpaired) electrons. The van der Waals surface area contributed by atoms with Crippen LogP contribution in [0.4, 0.5) is 9.93 Å². The van der Waals surface area contributed by atoms with Gasteiger partial charge in [-0.3, -0.25) is 18.9 Å². The number of carboxylic acids is 1. The summed E-state index contributed by atoms with van der Waals surface area (Å²) >= 11 is 0.895. The number of urea groups is 1. The normalized spacial score (nSPS) is 17.1. The number of rotatable bonds is 11. The van der Waals surface area contributed by atoms with Gasteiger partial charge in [0.1, 0.15) is 11.7 Å². The molecule has 216 valence electrons. The van der Waals surface area contributed by atoms with Crippen molar-refractivity contribution < 1.29 is 52.4 Å². The van der Waals surface area contributed by atoms with Gasteiger partial charge in [-0.2, -0.15) is 13.1 Å². The summed E-state index contributed by atoms with van der Waals surface area (Å²) in [6.07, 6.45) is 0.693. The highest BCUT2D eigenvalue weighted by Crippen LogP contribution is 2.23. The Labute approximate surface area is 226 Å². The Morgan fingerprint density at radius 2 is 1.95 bits per heavy atom. The zero-order valence-electron chi connectivity index (χ0n) is 19.7. The van der Waals surface area contributed by atoms with Crippen LogP contribution in [-0.2, 0) is 36.1 Å². The molecule has 1 aliphatic rings. The van der Waals surface area contributed by atoms with Gasteiger partial charge in [0.2, 0.25) is 12.0 Å². The molecule has 2 aromatic heterocycles. The molecule has 1 saturated heterocycles. The quantitative estimate of drug-likeness (QED) is 0.0408. The average molecular weight is 605 g/mol. The number of nitrogen functional groups attached to an aromatic ring is 1. The van der Waals surface area contributed by atoms with Crippen molar-refractivity contribution in [2.75, 3.05) is 18.9 Å². The molecule has 1 aliphatic heterocycles. The number of oxime groups is 1. The second-order valence-corrected chi connectivity index (χ2v) is 9.91. The largest absolute Gasteiger partial charge is 0.503 e. The second kappa shape index (κ2) is 11.8. The highest BCUT2D eigenvalue weighted by Gasteiger charge is 2.54. The Morgan fingerprint density at radius 3 is 2.55 bits per heavy atom. The molecule has 3 rings (SSSR count). The van der Waals surface area contributed by atoms with E-state index in [0.717, 1.165) is 17.4 Å². The fourth-order valence-electron chi connectivity index (χ4n) is 3.24.